The molecule has 0 radical (unpaired) electrons. The fourth-order valence-corrected chi connectivity index (χ4v) is 0.784. The summed E-state index contributed by atoms with van der Waals surface area (Å²) in [4.78, 5) is 0. The first-order valence-corrected chi connectivity index (χ1v) is 2.57. The smallest absolute Gasteiger partial charge is 0.0678 e. The summed E-state index contributed by atoms with van der Waals surface area (Å²) in [7, 11) is 0. The summed E-state index contributed by atoms with van der Waals surface area (Å²) in [6.07, 6.45) is 1.48. The summed E-state index contributed by atoms with van der Waals surface area (Å²) < 4.78 is 5.17. The fourth-order valence-electron chi connectivity index (χ4n) is 0.784. The van der Waals surface area contributed by atoms with Gasteiger partial charge < -0.3 is 4.74 Å². The van der Waals surface area contributed by atoms with Crippen LogP contribution < -0.4 is 0 Å². The third kappa shape index (κ3) is 1.03. The standard InChI is InChI=1S/C6H10O/c1-5-3-6(2)7-4-5/h6H,1,3-4H2,2H3/t6-/m1/s1. The summed E-state index contributed by atoms with van der Waals surface area (Å²) in [5.41, 5.74) is 1.23. The average molecular weight is 98.1 g/mol. The SMILES string of the molecule is C=C1CO[C@H](C)C1. The van der Waals surface area contributed by atoms with E-state index >= 15 is 0 Å². The molecule has 7 heavy (non-hydrogen) atoms. The second-order valence-electron chi connectivity index (χ2n) is 2.08. The summed E-state index contributed by atoms with van der Waals surface area (Å²) >= 11 is 0. The molecular formula is C6H10O. The summed E-state index contributed by atoms with van der Waals surface area (Å²) in [6.45, 7) is 6.63. The molecule has 1 saturated heterocycles. The van der Waals surface area contributed by atoms with E-state index in [9.17, 15) is 0 Å². The average Bonchev–Trinajstić information content (AvgIpc) is 1.87. The molecule has 0 spiro atoms. The van der Waals surface area contributed by atoms with E-state index in [4.69, 9.17) is 4.74 Å². The molecule has 1 rings (SSSR count). The van der Waals surface area contributed by atoms with Gasteiger partial charge in [-0.1, -0.05) is 6.58 Å². The number of hydrogen-bond donors (Lipinski definition) is 0. The van der Waals surface area contributed by atoms with Crippen LogP contribution in [-0.4, -0.2) is 12.7 Å². The quantitative estimate of drug-likeness (QED) is 0.415. The normalized spacial score (nSPS) is 31.6. The van der Waals surface area contributed by atoms with Crippen molar-refractivity contribution in [2.75, 3.05) is 6.61 Å². The first-order valence-electron chi connectivity index (χ1n) is 2.57. The van der Waals surface area contributed by atoms with Crippen molar-refractivity contribution in [2.24, 2.45) is 0 Å². The molecule has 40 valence electrons. The van der Waals surface area contributed by atoms with Gasteiger partial charge in [0.1, 0.15) is 0 Å². The maximum Gasteiger partial charge on any atom is 0.0678 e. The molecule has 0 N–H and O–H groups in total. The van der Waals surface area contributed by atoms with Gasteiger partial charge in [-0.25, -0.2) is 0 Å². The van der Waals surface area contributed by atoms with Gasteiger partial charge in [-0.05, 0) is 18.9 Å². The Balaban J connectivity index is 2.40. The molecule has 1 fully saturated rings. The van der Waals surface area contributed by atoms with E-state index in [-0.39, 0.29) is 0 Å². The first-order chi connectivity index (χ1) is 3.29. The Morgan fingerprint density at radius 2 is 2.57 bits per heavy atom. The van der Waals surface area contributed by atoms with E-state index in [1.807, 2.05) is 0 Å². The fraction of sp³-hybridized carbons (Fsp3) is 0.667. The lowest BCUT2D eigenvalue weighted by Crippen LogP contribution is -1.94. The van der Waals surface area contributed by atoms with Crippen LogP contribution in [-0.2, 0) is 4.74 Å². The Labute approximate surface area is 44.0 Å². The third-order valence-corrected chi connectivity index (χ3v) is 1.15. The van der Waals surface area contributed by atoms with Crippen molar-refractivity contribution in [3.63, 3.8) is 0 Å². The molecule has 1 heterocycles. The second kappa shape index (κ2) is 1.66. The lowest BCUT2D eigenvalue weighted by Gasteiger charge is -1.93. The topological polar surface area (TPSA) is 9.23 Å². The molecule has 0 aromatic rings. The van der Waals surface area contributed by atoms with Gasteiger partial charge in [0.05, 0.1) is 12.7 Å². The largest absolute Gasteiger partial charge is 0.374 e. The van der Waals surface area contributed by atoms with E-state index in [0.29, 0.717) is 6.10 Å². The summed E-state index contributed by atoms with van der Waals surface area (Å²) in [5.74, 6) is 0. The Morgan fingerprint density at radius 3 is 2.71 bits per heavy atom. The predicted octanol–water partition coefficient (Wildman–Crippen LogP) is 1.35. The van der Waals surface area contributed by atoms with Crippen LogP contribution in [0.1, 0.15) is 13.3 Å². The molecule has 1 atom stereocenters. The van der Waals surface area contributed by atoms with Gasteiger partial charge in [-0.3, -0.25) is 0 Å². The number of ether oxygens (including phenoxy) is 1. The molecule has 0 unspecified atom stereocenters. The van der Waals surface area contributed by atoms with Crippen LogP contribution in [0.15, 0.2) is 12.2 Å². The molecule has 0 aromatic carbocycles. The highest BCUT2D eigenvalue weighted by atomic mass is 16.5. The molecule has 1 aliphatic rings. The predicted molar refractivity (Wildman–Crippen MR) is 29.2 cm³/mol. The Bertz CT molecular complexity index is 86.2. The molecular weight excluding hydrogens is 88.1 g/mol. The van der Waals surface area contributed by atoms with Crippen molar-refractivity contribution >= 4 is 0 Å². The van der Waals surface area contributed by atoms with Crippen LogP contribution >= 0.6 is 0 Å². The number of rotatable bonds is 0. The van der Waals surface area contributed by atoms with E-state index in [0.717, 1.165) is 13.0 Å². The lowest BCUT2D eigenvalue weighted by atomic mass is 10.2. The maximum absolute atomic E-state index is 5.17. The zero-order valence-electron chi connectivity index (χ0n) is 4.61. The molecule has 1 nitrogen and oxygen atoms in total. The van der Waals surface area contributed by atoms with Crippen LogP contribution in [0.5, 0.6) is 0 Å². The molecule has 1 aliphatic heterocycles. The van der Waals surface area contributed by atoms with E-state index < -0.39 is 0 Å². The van der Waals surface area contributed by atoms with Crippen molar-refractivity contribution < 1.29 is 4.74 Å². The minimum atomic E-state index is 0.424. The van der Waals surface area contributed by atoms with Crippen molar-refractivity contribution in [1.29, 1.82) is 0 Å². The second-order valence-corrected chi connectivity index (χ2v) is 2.08. The molecule has 1 heteroatoms. The van der Waals surface area contributed by atoms with Crippen LogP contribution in [0.3, 0.4) is 0 Å². The Hall–Kier alpha value is -0.300. The zero-order chi connectivity index (χ0) is 5.28. The van der Waals surface area contributed by atoms with Crippen LogP contribution in [0, 0.1) is 0 Å². The van der Waals surface area contributed by atoms with Crippen LogP contribution in [0.2, 0.25) is 0 Å². The van der Waals surface area contributed by atoms with Crippen LogP contribution in [0.25, 0.3) is 0 Å². The third-order valence-electron chi connectivity index (χ3n) is 1.15. The monoisotopic (exact) mass is 98.1 g/mol. The Kier molecular flexibility index (Phi) is 1.15. The highest BCUT2D eigenvalue weighted by molar-refractivity contribution is 5.00. The van der Waals surface area contributed by atoms with Gasteiger partial charge in [0, 0.05) is 0 Å². The van der Waals surface area contributed by atoms with Crippen LogP contribution in [0.4, 0.5) is 0 Å². The maximum atomic E-state index is 5.17. The first kappa shape index (κ1) is 4.85. The van der Waals surface area contributed by atoms with E-state index in [1.165, 1.54) is 5.57 Å². The lowest BCUT2D eigenvalue weighted by molar-refractivity contribution is 0.128. The molecule has 0 amide bonds. The molecule has 0 bridgehead atoms. The zero-order valence-corrected chi connectivity index (χ0v) is 4.61. The Morgan fingerprint density at radius 1 is 1.86 bits per heavy atom. The van der Waals surface area contributed by atoms with Gasteiger partial charge in [0.15, 0.2) is 0 Å². The highest BCUT2D eigenvalue weighted by Crippen LogP contribution is 2.14. The van der Waals surface area contributed by atoms with Crippen molar-refractivity contribution in [3.05, 3.63) is 12.2 Å². The van der Waals surface area contributed by atoms with E-state index in [2.05, 4.69) is 13.5 Å². The minimum absolute atomic E-state index is 0.424. The highest BCUT2D eigenvalue weighted by Gasteiger charge is 2.11. The molecule has 0 aromatic heterocycles. The molecule has 0 aliphatic carbocycles. The van der Waals surface area contributed by atoms with Gasteiger partial charge in [0.25, 0.3) is 0 Å². The summed E-state index contributed by atoms with van der Waals surface area (Å²) in [5, 5.41) is 0. The van der Waals surface area contributed by atoms with Gasteiger partial charge in [0.2, 0.25) is 0 Å². The minimum Gasteiger partial charge on any atom is -0.374 e. The van der Waals surface area contributed by atoms with Crippen molar-refractivity contribution in [3.8, 4) is 0 Å². The van der Waals surface area contributed by atoms with Gasteiger partial charge in [-0.2, -0.15) is 0 Å². The van der Waals surface area contributed by atoms with E-state index in [1.54, 1.807) is 0 Å². The van der Waals surface area contributed by atoms with Crippen molar-refractivity contribution in [2.45, 2.75) is 19.4 Å². The van der Waals surface area contributed by atoms with Crippen molar-refractivity contribution in [1.82, 2.24) is 0 Å². The van der Waals surface area contributed by atoms with Gasteiger partial charge >= 0.3 is 0 Å². The molecule has 0 saturated carbocycles. The number of hydrogen-bond acceptors (Lipinski definition) is 1. The van der Waals surface area contributed by atoms with Gasteiger partial charge in [-0.15, -0.1) is 0 Å². The summed E-state index contributed by atoms with van der Waals surface area (Å²) in [6, 6.07) is 0.